The maximum absolute atomic E-state index is 12.2. The van der Waals surface area contributed by atoms with Crippen molar-refractivity contribution in [2.45, 2.75) is 19.8 Å². The van der Waals surface area contributed by atoms with E-state index in [-0.39, 0.29) is 11.8 Å². The number of fused-ring (bicyclic) bond motifs is 2. The van der Waals surface area contributed by atoms with E-state index in [1.165, 1.54) is 4.90 Å². The molecule has 2 aromatic rings. The topological polar surface area (TPSA) is 50.3 Å². The predicted molar refractivity (Wildman–Crippen MR) is 72.0 cm³/mol. The first-order chi connectivity index (χ1) is 9.22. The van der Waals surface area contributed by atoms with Gasteiger partial charge in [-0.05, 0) is 18.6 Å². The molecular formula is C15H14N2O2. The number of nitrogens with zero attached hydrogens (tertiary/aromatic N) is 2. The van der Waals surface area contributed by atoms with Gasteiger partial charge in [-0.1, -0.05) is 31.5 Å². The van der Waals surface area contributed by atoms with E-state index < -0.39 is 0 Å². The summed E-state index contributed by atoms with van der Waals surface area (Å²) in [5, 5.41) is 0.889. The fourth-order valence-corrected chi connectivity index (χ4v) is 2.33. The summed E-state index contributed by atoms with van der Waals surface area (Å²) in [6.45, 7) is 2.51. The Hall–Kier alpha value is -2.23. The van der Waals surface area contributed by atoms with Crippen molar-refractivity contribution in [2.24, 2.45) is 0 Å². The van der Waals surface area contributed by atoms with Crippen LogP contribution >= 0.6 is 0 Å². The highest BCUT2D eigenvalue weighted by Gasteiger charge is 2.36. The molecular weight excluding hydrogens is 240 g/mol. The Kier molecular flexibility index (Phi) is 2.78. The van der Waals surface area contributed by atoms with Crippen molar-refractivity contribution in [3.05, 3.63) is 41.6 Å². The lowest BCUT2D eigenvalue weighted by Gasteiger charge is -2.11. The van der Waals surface area contributed by atoms with Crippen molar-refractivity contribution in [2.75, 3.05) is 6.54 Å². The maximum Gasteiger partial charge on any atom is 0.280 e. The monoisotopic (exact) mass is 254 g/mol. The molecule has 19 heavy (non-hydrogen) atoms. The van der Waals surface area contributed by atoms with Gasteiger partial charge in [0.2, 0.25) is 0 Å². The SMILES string of the molecule is CCCCN1C(=O)c2cc3ccccc3nc2C1=O. The Morgan fingerprint density at radius 3 is 2.74 bits per heavy atom. The fourth-order valence-electron chi connectivity index (χ4n) is 2.33. The Morgan fingerprint density at radius 1 is 1.16 bits per heavy atom. The van der Waals surface area contributed by atoms with Crippen LogP contribution in [0.1, 0.15) is 40.6 Å². The zero-order chi connectivity index (χ0) is 13.4. The predicted octanol–water partition coefficient (Wildman–Crippen LogP) is 2.63. The number of unbranched alkanes of at least 4 members (excludes halogenated alkanes) is 1. The van der Waals surface area contributed by atoms with Crippen LogP contribution in [0.4, 0.5) is 0 Å². The van der Waals surface area contributed by atoms with Crippen LogP contribution in [0.15, 0.2) is 30.3 Å². The third kappa shape index (κ3) is 1.80. The molecule has 2 amide bonds. The standard InChI is InChI=1S/C15H14N2O2/c1-2-3-8-17-14(18)11-9-10-6-4-5-7-12(10)16-13(11)15(17)19/h4-7,9H,2-3,8H2,1H3. The molecule has 1 aromatic carbocycles. The Bertz CT molecular complexity index is 624. The molecule has 96 valence electrons. The molecule has 4 nitrogen and oxygen atoms in total. The molecule has 1 aliphatic rings. The van der Waals surface area contributed by atoms with E-state index in [1.54, 1.807) is 6.07 Å². The quantitative estimate of drug-likeness (QED) is 0.791. The molecule has 0 N–H and O–H groups in total. The Morgan fingerprint density at radius 2 is 1.95 bits per heavy atom. The molecule has 4 heteroatoms. The van der Waals surface area contributed by atoms with Crippen molar-refractivity contribution in [3.63, 3.8) is 0 Å². The minimum Gasteiger partial charge on any atom is -0.273 e. The number of pyridine rings is 1. The summed E-state index contributed by atoms with van der Waals surface area (Å²) in [7, 11) is 0. The summed E-state index contributed by atoms with van der Waals surface area (Å²) in [6, 6.07) is 9.28. The number of rotatable bonds is 3. The van der Waals surface area contributed by atoms with Crippen molar-refractivity contribution in [1.82, 2.24) is 9.88 Å². The minimum absolute atomic E-state index is 0.216. The van der Waals surface area contributed by atoms with Crippen LogP contribution in [0.5, 0.6) is 0 Å². The lowest BCUT2D eigenvalue weighted by molar-refractivity contribution is 0.0650. The number of carbonyl (C=O) groups excluding carboxylic acids is 2. The summed E-state index contributed by atoms with van der Waals surface area (Å²) in [4.78, 5) is 30.1. The average molecular weight is 254 g/mol. The molecule has 0 aliphatic carbocycles. The van der Waals surface area contributed by atoms with Crippen LogP contribution < -0.4 is 0 Å². The summed E-state index contributed by atoms with van der Waals surface area (Å²) in [5.74, 6) is -0.481. The van der Waals surface area contributed by atoms with Gasteiger partial charge in [0, 0.05) is 11.9 Å². The molecule has 0 saturated carbocycles. The van der Waals surface area contributed by atoms with Gasteiger partial charge in [0.1, 0.15) is 5.69 Å². The summed E-state index contributed by atoms with van der Waals surface area (Å²) < 4.78 is 0. The van der Waals surface area contributed by atoms with Gasteiger partial charge in [0.05, 0.1) is 11.1 Å². The first-order valence-electron chi connectivity index (χ1n) is 6.48. The summed E-state index contributed by atoms with van der Waals surface area (Å²) in [5.41, 5.74) is 1.47. The maximum atomic E-state index is 12.2. The van der Waals surface area contributed by atoms with Gasteiger partial charge in [-0.15, -0.1) is 0 Å². The van der Waals surface area contributed by atoms with Crippen molar-refractivity contribution >= 4 is 22.7 Å². The van der Waals surface area contributed by atoms with E-state index in [1.807, 2.05) is 31.2 Å². The lowest BCUT2D eigenvalue weighted by Crippen LogP contribution is -2.30. The fraction of sp³-hybridized carbons (Fsp3) is 0.267. The molecule has 0 saturated heterocycles. The van der Waals surface area contributed by atoms with Gasteiger partial charge in [-0.25, -0.2) is 4.98 Å². The number of amides is 2. The highest BCUT2D eigenvalue weighted by atomic mass is 16.2. The number of para-hydroxylation sites is 1. The zero-order valence-electron chi connectivity index (χ0n) is 10.7. The molecule has 3 rings (SSSR count). The first-order valence-corrected chi connectivity index (χ1v) is 6.48. The number of hydrogen-bond donors (Lipinski definition) is 0. The van der Waals surface area contributed by atoms with E-state index in [2.05, 4.69) is 4.98 Å². The van der Waals surface area contributed by atoms with Gasteiger partial charge < -0.3 is 0 Å². The van der Waals surface area contributed by atoms with Crippen LogP contribution in [0, 0.1) is 0 Å². The van der Waals surface area contributed by atoms with Crippen LogP contribution in [0.3, 0.4) is 0 Å². The normalized spacial score (nSPS) is 14.3. The second-order valence-corrected chi connectivity index (χ2v) is 4.69. The third-order valence-electron chi connectivity index (χ3n) is 3.38. The molecule has 0 fully saturated rings. The van der Waals surface area contributed by atoms with Crippen LogP contribution in [-0.4, -0.2) is 28.2 Å². The molecule has 2 heterocycles. The van der Waals surface area contributed by atoms with E-state index in [9.17, 15) is 9.59 Å². The van der Waals surface area contributed by atoms with E-state index in [0.29, 0.717) is 17.8 Å². The van der Waals surface area contributed by atoms with Crippen LogP contribution in [0.25, 0.3) is 10.9 Å². The van der Waals surface area contributed by atoms with Crippen LogP contribution in [-0.2, 0) is 0 Å². The number of imide groups is 1. The number of aromatic nitrogens is 1. The minimum atomic E-state index is -0.265. The molecule has 0 atom stereocenters. The molecule has 0 unspecified atom stereocenters. The lowest BCUT2D eigenvalue weighted by atomic mass is 10.1. The molecule has 1 aliphatic heterocycles. The van der Waals surface area contributed by atoms with E-state index in [0.717, 1.165) is 23.7 Å². The van der Waals surface area contributed by atoms with E-state index >= 15 is 0 Å². The molecule has 0 bridgehead atoms. The van der Waals surface area contributed by atoms with Gasteiger partial charge in [-0.2, -0.15) is 0 Å². The van der Waals surface area contributed by atoms with Gasteiger partial charge in [-0.3, -0.25) is 14.5 Å². The highest BCUT2D eigenvalue weighted by molar-refractivity contribution is 6.21. The zero-order valence-corrected chi connectivity index (χ0v) is 10.7. The highest BCUT2D eigenvalue weighted by Crippen LogP contribution is 2.25. The first kappa shape index (κ1) is 11.8. The van der Waals surface area contributed by atoms with Gasteiger partial charge in [0.15, 0.2) is 0 Å². The molecule has 0 spiro atoms. The van der Waals surface area contributed by atoms with Crippen molar-refractivity contribution < 1.29 is 9.59 Å². The smallest absolute Gasteiger partial charge is 0.273 e. The number of carbonyl (C=O) groups is 2. The van der Waals surface area contributed by atoms with E-state index in [4.69, 9.17) is 0 Å². The summed E-state index contributed by atoms with van der Waals surface area (Å²) in [6.07, 6.45) is 1.77. The second-order valence-electron chi connectivity index (χ2n) is 4.69. The largest absolute Gasteiger partial charge is 0.280 e. The Labute approximate surface area is 111 Å². The molecule has 0 radical (unpaired) electrons. The van der Waals surface area contributed by atoms with Crippen molar-refractivity contribution in [3.8, 4) is 0 Å². The van der Waals surface area contributed by atoms with Gasteiger partial charge >= 0.3 is 0 Å². The number of hydrogen-bond acceptors (Lipinski definition) is 3. The average Bonchev–Trinajstić information content (AvgIpc) is 2.67. The number of benzene rings is 1. The van der Waals surface area contributed by atoms with Crippen LogP contribution in [0.2, 0.25) is 0 Å². The summed E-state index contributed by atoms with van der Waals surface area (Å²) >= 11 is 0. The third-order valence-corrected chi connectivity index (χ3v) is 3.38. The van der Waals surface area contributed by atoms with Crippen molar-refractivity contribution in [1.29, 1.82) is 0 Å². The molecule has 1 aromatic heterocycles. The Balaban J connectivity index is 2.08. The second kappa shape index (κ2) is 4.46. The van der Waals surface area contributed by atoms with Gasteiger partial charge in [0.25, 0.3) is 11.8 Å².